The Hall–Kier alpha value is -2.10. The number of benzene rings is 1. The van der Waals surface area contributed by atoms with Crippen LogP contribution in [0.4, 0.5) is 0 Å². The highest BCUT2D eigenvalue weighted by Crippen LogP contribution is 2.28. The molecule has 0 radical (unpaired) electrons. The third-order valence-corrected chi connectivity index (χ3v) is 3.80. The van der Waals surface area contributed by atoms with Crippen molar-refractivity contribution in [1.82, 2.24) is 14.9 Å². The number of aryl methyl sites for hydroxylation is 1. The number of hydrogen-bond acceptors (Lipinski definition) is 2. The average Bonchev–Trinajstić information content (AvgIpc) is 2.85. The summed E-state index contributed by atoms with van der Waals surface area (Å²) in [7, 11) is 1.82. The van der Waals surface area contributed by atoms with Gasteiger partial charge in [-0.05, 0) is 24.3 Å². The Bertz CT molecular complexity index is 602. The lowest BCUT2D eigenvalue weighted by Crippen LogP contribution is -2.37. The minimum absolute atomic E-state index is 0.0143. The van der Waals surface area contributed by atoms with E-state index < -0.39 is 0 Å². The molecule has 1 heterocycles. The topological polar surface area (TPSA) is 46.9 Å². The van der Waals surface area contributed by atoms with Crippen molar-refractivity contribution in [1.29, 1.82) is 0 Å². The van der Waals surface area contributed by atoms with Gasteiger partial charge in [0.15, 0.2) is 0 Å². The second-order valence-corrected chi connectivity index (χ2v) is 6.22. The minimum Gasteiger partial charge on any atom is -0.348 e. The molecular weight excluding hydrogens is 262 g/mol. The predicted molar refractivity (Wildman–Crippen MR) is 84.2 cm³/mol. The predicted octanol–water partition coefficient (Wildman–Crippen LogP) is 2.91. The molecule has 4 heteroatoms. The summed E-state index contributed by atoms with van der Waals surface area (Å²) in [6.45, 7) is 6.45. The fraction of sp³-hybridized carbons (Fsp3) is 0.412. The molecule has 0 saturated heterocycles. The average molecular weight is 285 g/mol. The van der Waals surface area contributed by atoms with E-state index in [0.29, 0.717) is 5.69 Å². The number of carbonyl (C=O) groups is 1. The summed E-state index contributed by atoms with van der Waals surface area (Å²) in [5.41, 5.74) is 1.88. The lowest BCUT2D eigenvalue weighted by molar-refractivity contribution is 0.0926. The first-order valence-electron chi connectivity index (χ1n) is 7.23. The molecule has 1 amide bonds. The zero-order valence-electron chi connectivity index (χ0n) is 13.1. The lowest BCUT2D eigenvalue weighted by Gasteiger charge is -2.29. The van der Waals surface area contributed by atoms with Crippen LogP contribution < -0.4 is 5.32 Å². The number of aromatic nitrogens is 2. The van der Waals surface area contributed by atoms with Gasteiger partial charge in [-0.25, -0.2) is 4.98 Å². The summed E-state index contributed by atoms with van der Waals surface area (Å²) in [6, 6.07) is 10.5. The van der Waals surface area contributed by atoms with Crippen LogP contribution in [-0.4, -0.2) is 21.5 Å². The van der Waals surface area contributed by atoms with E-state index in [-0.39, 0.29) is 17.4 Å². The van der Waals surface area contributed by atoms with Crippen LogP contribution >= 0.6 is 0 Å². The maximum atomic E-state index is 12.2. The Morgan fingerprint density at radius 3 is 2.57 bits per heavy atom. The molecular formula is C17H23N3O. The van der Waals surface area contributed by atoms with E-state index in [2.05, 4.69) is 48.4 Å². The molecule has 0 fully saturated rings. The number of nitrogens with one attached hydrogen (secondary N) is 1. The van der Waals surface area contributed by atoms with E-state index in [9.17, 15) is 4.79 Å². The van der Waals surface area contributed by atoms with E-state index in [1.54, 1.807) is 17.1 Å². The zero-order valence-corrected chi connectivity index (χ0v) is 13.1. The third-order valence-electron chi connectivity index (χ3n) is 3.80. The summed E-state index contributed by atoms with van der Waals surface area (Å²) in [6.07, 6.45) is 4.10. The summed E-state index contributed by atoms with van der Waals surface area (Å²) < 4.78 is 1.73. The normalized spacial score (nSPS) is 13.0. The molecule has 0 saturated carbocycles. The van der Waals surface area contributed by atoms with E-state index in [1.165, 1.54) is 5.56 Å². The van der Waals surface area contributed by atoms with Gasteiger partial charge in [-0.1, -0.05) is 44.2 Å². The molecule has 2 rings (SSSR count). The molecule has 0 bridgehead atoms. The van der Waals surface area contributed by atoms with Crippen LogP contribution in [0.1, 0.15) is 43.2 Å². The van der Waals surface area contributed by atoms with Crippen LogP contribution in [0, 0.1) is 0 Å². The number of rotatable bonds is 5. The Balaban J connectivity index is 2.00. The molecule has 0 spiro atoms. The van der Waals surface area contributed by atoms with Crippen molar-refractivity contribution in [2.45, 2.75) is 38.6 Å². The van der Waals surface area contributed by atoms with Crippen molar-refractivity contribution >= 4 is 5.91 Å². The van der Waals surface area contributed by atoms with Gasteiger partial charge in [0, 0.05) is 13.1 Å². The SMILES string of the molecule is CC(CC(C)(C)c1ccccc1)NC(=O)c1cncn1C. The van der Waals surface area contributed by atoms with E-state index in [4.69, 9.17) is 0 Å². The summed E-state index contributed by atoms with van der Waals surface area (Å²) in [5, 5.41) is 3.05. The molecule has 2 aromatic rings. The number of carbonyl (C=O) groups excluding carboxylic acids is 1. The Morgan fingerprint density at radius 1 is 1.33 bits per heavy atom. The van der Waals surface area contributed by atoms with Crippen LogP contribution in [0.3, 0.4) is 0 Å². The molecule has 4 nitrogen and oxygen atoms in total. The minimum atomic E-state index is -0.0774. The van der Waals surface area contributed by atoms with E-state index in [1.807, 2.05) is 20.0 Å². The van der Waals surface area contributed by atoms with Crippen LogP contribution in [0.15, 0.2) is 42.9 Å². The molecule has 1 aromatic carbocycles. The molecule has 21 heavy (non-hydrogen) atoms. The van der Waals surface area contributed by atoms with Crippen LogP contribution in [0.2, 0.25) is 0 Å². The second kappa shape index (κ2) is 6.12. The Morgan fingerprint density at radius 2 is 2.00 bits per heavy atom. The highest BCUT2D eigenvalue weighted by Gasteiger charge is 2.24. The summed E-state index contributed by atoms with van der Waals surface area (Å²) >= 11 is 0. The number of imidazole rings is 1. The maximum absolute atomic E-state index is 12.2. The highest BCUT2D eigenvalue weighted by molar-refractivity contribution is 5.92. The second-order valence-electron chi connectivity index (χ2n) is 6.22. The van der Waals surface area contributed by atoms with Crippen molar-refractivity contribution in [3.63, 3.8) is 0 Å². The van der Waals surface area contributed by atoms with Gasteiger partial charge in [0.1, 0.15) is 5.69 Å². The van der Waals surface area contributed by atoms with Crippen LogP contribution in [0.5, 0.6) is 0 Å². The molecule has 1 aromatic heterocycles. The first kappa shape index (κ1) is 15.3. The van der Waals surface area contributed by atoms with Crippen LogP contribution in [-0.2, 0) is 12.5 Å². The standard InChI is InChI=1S/C17H23N3O/c1-13(19-16(21)15-11-18-12-20(15)4)10-17(2,3)14-8-6-5-7-9-14/h5-9,11-13H,10H2,1-4H3,(H,19,21). The van der Waals surface area contributed by atoms with Crippen molar-refractivity contribution in [2.24, 2.45) is 7.05 Å². The van der Waals surface area contributed by atoms with Gasteiger partial charge in [-0.2, -0.15) is 0 Å². The fourth-order valence-electron chi connectivity index (χ4n) is 2.70. The molecule has 1 N–H and O–H groups in total. The quantitative estimate of drug-likeness (QED) is 0.918. The van der Waals surface area contributed by atoms with Gasteiger partial charge in [-0.15, -0.1) is 0 Å². The number of hydrogen-bond donors (Lipinski definition) is 1. The van der Waals surface area contributed by atoms with Crippen LogP contribution in [0.25, 0.3) is 0 Å². The van der Waals surface area contributed by atoms with Crippen molar-refractivity contribution in [2.75, 3.05) is 0 Å². The molecule has 1 atom stereocenters. The Kier molecular flexibility index (Phi) is 4.46. The summed E-state index contributed by atoms with van der Waals surface area (Å²) in [4.78, 5) is 16.2. The zero-order chi connectivity index (χ0) is 15.5. The molecule has 0 aliphatic carbocycles. The highest BCUT2D eigenvalue weighted by atomic mass is 16.2. The molecule has 0 aliphatic heterocycles. The molecule has 0 aliphatic rings. The third kappa shape index (κ3) is 3.72. The van der Waals surface area contributed by atoms with Gasteiger partial charge in [0.05, 0.1) is 12.5 Å². The fourth-order valence-corrected chi connectivity index (χ4v) is 2.70. The maximum Gasteiger partial charge on any atom is 0.269 e. The molecule has 1 unspecified atom stereocenters. The largest absolute Gasteiger partial charge is 0.348 e. The first-order chi connectivity index (χ1) is 9.90. The first-order valence-corrected chi connectivity index (χ1v) is 7.23. The molecule has 112 valence electrons. The summed E-state index contributed by atoms with van der Waals surface area (Å²) in [5.74, 6) is -0.0774. The van der Waals surface area contributed by atoms with Gasteiger partial charge in [0.2, 0.25) is 0 Å². The Labute approximate surface area is 126 Å². The monoisotopic (exact) mass is 285 g/mol. The van der Waals surface area contributed by atoms with Crippen molar-refractivity contribution in [3.8, 4) is 0 Å². The van der Waals surface area contributed by atoms with E-state index in [0.717, 1.165) is 6.42 Å². The van der Waals surface area contributed by atoms with Gasteiger partial charge in [-0.3, -0.25) is 4.79 Å². The van der Waals surface area contributed by atoms with Crippen molar-refractivity contribution < 1.29 is 4.79 Å². The lowest BCUT2D eigenvalue weighted by atomic mass is 9.79. The van der Waals surface area contributed by atoms with Gasteiger partial charge in [0.25, 0.3) is 5.91 Å². The van der Waals surface area contributed by atoms with Gasteiger partial charge < -0.3 is 9.88 Å². The van der Waals surface area contributed by atoms with E-state index >= 15 is 0 Å². The number of nitrogens with zero attached hydrogens (tertiary/aromatic N) is 2. The smallest absolute Gasteiger partial charge is 0.269 e. The van der Waals surface area contributed by atoms with Crippen molar-refractivity contribution in [3.05, 3.63) is 54.1 Å². The number of amides is 1. The van der Waals surface area contributed by atoms with Gasteiger partial charge >= 0.3 is 0 Å².